The fourth-order valence-corrected chi connectivity index (χ4v) is 3.50. The Morgan fingerprint density at radius 2 is 2.17 bits per heavy atom. The highest BCUT2D eigenvalue weighted by atomic mass is 16.5. The molecule has 3 rings (SSSR count). The van der Waals surface area contributed by atoms with Gasteiger partial charge in [0.25, 0.3) is 0 Å². The van der Waals surface area contributed by atoms with E-state index in [1.54, 1.807) is 0 Å². The van der Waals surface area contributed by atoms with Crippen LogP contribution in [0.2, 0.25) is 0 Å². The Labute approximate surface area is 143 Å². The molecule has 2 aliphatic heterocycles. The summed E-state index contributed by atoms with van der Waals surface area (Å²) < 4.78 is 5.62. The van der Waals surface area contributed by atoms with Crippen LogP contribution in [0.25, 0.3) is 0 Å². The van der Waals surface area contributed by atoms with Crippen LogP contribution in [-0.4, -0.2) is 48.6 Å². The molecule has 1 aromatic carbocycles. The summed E-state index contributed by atoms with van der Waals surface area (Å²) in [5, 5.41) is 3.04. The first-order valence-electron chi connectivity index (χ1n) is 8.87. The summed E-state index contributed by atoms with van der Waals surface area (Å²) in [5.41, 5.74) is 1.21. The first kappa shape index (κ1) is 17.0. The van der Waals surface area contributed by atoms with Crippen molar-refractivity contribution >= 4 is 11.8 Å². The van der Waals surface area contributed by atoms with Gasteiger partial charge in [-0.1, -0.05) is 30.3 Å². The minimum absolute atomic E-state index is 0.00784. The Kier molecular flexibility index (Phi) is 5.51. The van der Waals surface area contributed by atoms with E-state index in [1.165, 1.54) is 5.56 Å². The van der Waals surface area contributed by atoms with Gasteiger partial charge in [0.2, 0.25) is 11.8 Å². The maximum Gasteiger partial charge on any atom is 0.225 e. The highest BCUT2D eigenvalue weighted by Gasteiger charge is 2.35. The minimum Gasteiger partial charge on any atom is -0.376 e. The molecule has 5 nitrogen and oxygen atoms in total. The summed E-state index contributed by atoms with van der Waals surface area (Å²) in [5.74, 6) is -0.179. The second-order valence-corrected chi connectivity index (χ2v) is 6.83. The van der Waals surface area contributed by atoms with Crippen molar-refractivity contribution in [2.75, 3.05) is 19.7 Å². The zero-order valence-corrected chi connectivity index (χ0v) is 14.2. The van der Waals surface area contributed by atoms with Crippen molar-refractivity contribution in [3.63, 3.8) is 0 Å². The van der Waals surface area contributed by atoms with Gasteiger partial charge in [0, 0.05) is 26.1 Å². The van der Waals surface area contributed by atoms with E-state index >= 15 is 0 Å². The van der Waals surface area contributed by atoms with Gasteiger partial charge in [-0.15, -0.1) is 0 Å². The van der Waals surface area contributed by atoms with Gasteiger partial charge in [-0.05, 0) is 31.7 Å². The number of carbonyl (C=O) groups excluding carboxylic acids is 2. The van der Waals surface area contributed by atoms with Crippen molar-refractivity contribution in [3.8, 4) is 0 Å². The van der Waals surface area contributed by atoms with Crippen LogP contribution in [0.4, 0.5) is 0 Å². The van der Waals surface area contributed by atoms with Crippen LogP contribution in [-0.2, 0) is 20.7 Å². The maximum absolute atomic E-state index is 12.4. The SMILES string of the molecule is CC(NC(=O)C1CC(=O)N(CCc2ccccc2)C1)C1CCCO1. The molecule has 2 amide bonds. The molecule has 0 bridgehead atoms. The number of hydrogen-bond acceptors (Lipinski definition) is 3. The van der Waals surface area contributed by atoms with E-state index in [0.29, 0.717) is 19.5 Å². The molecule has 2 saturated heterocycles. The predicted molar refractivity (Wildman–Crippen MR) is 91.4 cm³/mol. The fourth-order valence-electron chi connectivity index (χ4n) is 3.50. The van der Waals surface area contributed by atoms with Crippen molar-refractivity contribution in [2.24, 2.45) is 5.92 Å². The van der Waals surface area contributed by atoms with Crippen LogP contribution in [0.15, 0.2) is 30.3 Å². The van der Waals surface area contributed by atoms with E-state index in [-0.39, 0.29) is 29.9 Å². The van der Waals surface area contributed by atoms with Gasteiger partial charge in [0.05, 0.1) is 18.1 Å². The Morgan fingerprint density at radius 3 is 2.88 bits per heavy atom. The summed E-state index contributed by atoms with van der Waals surface area (Å²) >= 11 is 0. The van der Waals surface area contributed by atoms with Gasteiger partial charge >= 0.3 is 0 Å². The van der Waals surface area contributed by atoms with Crippen LogP contribution in [0.3, 0.4) is 0 Å². The van der Waals surface area contributed by atoms with Gasteiger partial charge in [0.1, 0.15) is 0 Å². The van der Waals surface area contributed by atoms with Gasteiger partial charge in [-0.2, -0.15) is 0 Å². The largest absolute Gasteiger partial charge is 0.376 e. The summed E-state index contributed by atoms with van der Waals surface area (Å²) in [7, 11) is 0. The van der Waals surface area contributed by atoms with Crippen LogP contribution >= 0.6 is 0 Å². The molecular weight excluding hydrogens is 304 g/mol. The lowest BCUT2D eigenvalue weighted by atomic mass is 10.1. The molecule has 5 heteroatoms. The van der Waals surface area contributed by atoms with Gasteiger partial charge in [-0.3, -0.25) is 9.59 Å². The van der Waals surface area contributed by atoms with E-state index in [1.807, 2.05) is 30.0 Å². The summed E-state index contributed by atoms with van der Waals surface area (Å²) in [6.07, 6.45) is 3.31. The van der Waals surface area contributed by atoms with Crippen molar-refractivity contribution in [1.29, 1.82) is 0 Å². The van der Waals surface area contributed by atoms with Gasteiger partial charge in [-0.25, -0.2) is 0 Å². The number of carbonyl (C=O) groups is 2. The van der Waals surface area contributed by atoms with Crippen molar-refractivity contribution in [1.82, 2.24) is 10.2 Å². The third-order valence-corrected chi connectivity index (χ3v) is 4.99. The lowest BCUT2D eigenvalue weighted by Gasteiger charge is -2.22. The molecule has 2 heterocycles. The number of ether oxygens (including phenoxy) is 1. The molecule has 0 saturated carbocycles. The molecule has 2 fully saturated rings. The standard InChI is InChI=1S/C19H26N2O3/c1-14(17-8-5-11-24-17)20-19(23)16-12-18(22)21(13-16)10-9-15-6-3-2-4-7-15/h2-4,6-7,14,16-17H,5,8-13H2,1H3,(H,20,23). The Hall–Kier alpha value is -1.88. The first-order valence-corrected chi connectivity index (χ1v) is 8.87. The number of hydrogen-bond donors (Lipinski definition) is 1. The predicted octanol–water partition coefficient (Wildman–Crippen LogP) is 1.76. The maximum atomic E-state index is 12.4. The fraction of sp³-hybridized carbons (Fsp3) is 0.579. The molecule has 0 radical (unpaired) electrons. The number of likely N-dealkylation sites (tertiary alicyclic amines) is 1. The van der Waals surface area contributed by atoms with E-state index in [9.17, 15) is 9.59 Å². The quantitative estimate of drug-likeness (QED) is 0.865. The molecule has 0 aromatic heterocycles. The lowest BCUT2D eigenvalue weighted by Crippen LogP contribution is -2.44. The van der Waals surface area contributed by atoms with Crippen LogP contribution in [0, 0.1) is 5.92 Å². The number of rotatable bonds is 6. The summed E-state index contributed by atoms with van der Waals surface area (Å²) in [6, 6.07) is 10.1. The average molecular weight is 330 g/mol. The molecule has 1 aromatic rings. The van der Waals surface area contributed by atoms with E-state index in [0.717, 1.165) is 25.9 Å². The molecule has 0 aliphatic carbocycles. The van der Waals surface area contributed by atoms with Crippen molar-refractivity contribution < 1.29 is 14.3 Å². The Morgan fingerprint density at radius 1 is 1.38 bits per heavy atom. The van der Waals surface area contributed by atoms with Crippen molar-refractivity contribution in [3.05, 3.63) is 35.9 Å². The first-order chi connectivity index (χ1) is 11.6. The molecule has 130 valence electrons. The van der Waals surface area contributed by atoms with Gasteiger partial charge < -0.3 is 15.0 Å². The second-order valence-electron chi connectivity index (χ2n) is 6.83. The van der Waals surface area contributed by atoms with Crippen LogP contribution in [0.5, 0.6) is 0 Å². The smallest absolute Gasteiger partial charge is 0.225 e. The Balaban J connectivity index is 1.47. The van der Waals surface area contributed by atoms with E-state index in [2.05, 4.69) is 17.4 Å². The van der Waals surface area contributed by atoms with Crippen LogP contribution < -0.4 is 5.32 Å². The van der Waals surface area contributed by atoms with Crippen LogP contribution in [0.1, 0.15) is 31.7 Å². The molecule has 3 unspecified atom stereocenters. The Bertz CT molecular complexity index is 569. The van der Waals surface area contributed by atoms with E-state index in [4.69, 9.17) is 4.74 Å². The third kappa shape index (κ3) is 4.15. The third-order valence-electron chi connectivity index (χ3n) is 4.99. The molecule has 24 heavy (non-hydrogen) atoms. The topological polar surface area (TPSA) is 58.6 Å². The minimum atomic E-state index is -0.239. The summed E-state index contributed by atoms with van der Waals surface area (Å²) in [6.45, 7) is 3.96. The van der Waals surface area contributed by atoms with Gasteiger partial charge in [0.15, 0.2) is 0 Å². The zero-order chi connectivity index (χ0) is 16.9. The normalized spacial score (nSPS) is 25.0. The monoisotopic (exact) mass is 330 g/mol. The zero-order valence-electron chi connectivity index (χ0n) is 14.2. The molecular formula is C19H26N2O3. The van der Waals surface area contributed by atoms with Crippen molar-refractivity contribution in [2.45, 2.75) is 44.8 Å². The highest BCUT2D eigenvalue weighted by molar-refractivity contribution is 5.89. The summed E-state index contributed by atoms with van der Waals surface area (Å²) in [4.78, 5) is 26.4. The number of amides is 2. The molecule has 2 aliphatic rings. The number of benzene rings is 1. The molecule has 0 spiro atoms. The highest BCUT2D eigenvalue weighted by Crippen LogP contribution is 2.20. The second kappa shape index (κ2) is 7.79. The average Bonchev–Trinajstić information content (AvgIpc) is 3.24. The molecule has 3 atom stereocenters. The lowest BCUT2D eigenvalue weighted by molar-refractivity contribution is -0.129. The molecule has 1 N–H and O–H groups in total. The number of nitrogens with zero attached hydrogens (tertiary/aromatic N) is 1. The number of nitrogens with one attached hydrogen (secondary N) is 1. The van der Waals surface area contributed by atoms with E-state index < -0.39 is 0 Å².